The van der Waals surface area contributed by atoms with Crippen LogP contribution >= 0.6 is 11.8 Å². The van der Waals surface area contributed by atoms with Crippen molar-refractivity contribution in [2.75, 3.05) is 26.1 Å². The van der Waals surface area contributed by atoms with E-state index in [4.69, 9.17) is 9.47 Å². The third-order valence-electron chi connectivity index (χ3n) is 3.90. The van der Waals surface area contributed by atoms with Gasteiger partial charge in [0.05, 0.1) is 26.5 Å². The monoisotopic (exact) mass is 308 g/mol. The van der Waals surface area contributed by atoms with E-state index in [1.54, 1.807) is 14.2 Å². The number of benzene rings is 1. The molecule has 1 aromatic carbocycles. The molecule has 116 valence electrons. The number of thioether (sulfide) groups is 1. The number of nitrogens with one attached hydrogen (secondary N) is 1. The van der Waals surface area contributed by atoms with Crippen molar-refractivity contribution in [1.29, 1.82) is 0 Å². The molecular weight excluding hydrogens is 284 g/mol. The summed E-state index contributed by atoms with van der Waals surface area (Å²) in [6.45, 7) is 5.41. The first-order chi connectivity index (χ1) is 10.2. The van der Waals surface area contributed by atoms with Crippen LogP contribution in [0.2, 0.25) is 0 Å². The summed E-state index contributed by atoms with van der Waals surface area (Å²) in [6.07, 6.45) is 2.42. The van der Waals surface area contributed by atoms with Crippen LogP contribution in [0, 0.1) is 5.92 Å². The molecule has 0 amide bonds. The van der Waals surface area contributed by atoms with Crippen LogP contribution in [0.3, 0.4) is 0 Å². The minimum Gasteiger partial charge on any atom is -0.497 e. The first-order valence-electron chi connectivity index (χ1n) is 7.41. The van der Waals surface area contributed by atoms with E-state index in [0.717, 1.165) is 34.8 Å². The van der Waals surface area contributed by atoms with Gasteiger partial charge >= 0.3 is 0 Å². The molecule has 1 unspecified atom stereocenters. The zero-order valence-corrected chi connectivity index (χ0v) is 14.0. The molecule has 1 aromatic rings. The first kappa shape index (κ1) is 16.0. The summed E-state index contributed by atoms with van der Waals surface area (Å²) in [7, 11) is 3.32. The Balaban J connectivity index is 2.03. The Labute approximate surface area is 131 Å². The number of methoxy groups -OCH3 is 2. The molecule has 1 aliphatic heterocycles. The van der Waals surface area contributed by atoms with Gasteiger partial charge in [-0.15, -0.1) is 0 Å². The fraction of sp³-hybridized carbons (Fsp3) is 0.562. The van der Waals surface area contributed by atoms with Gasteiger partial charge in [-0.2, -0.15) is 0 Å². The number of anilines is 1. The quantitative estimate of drug-likeness (QED) is 0.862. The van der Waals surface area contributed by atoms with Crippen molar-refractivity contribution in [2.24, 2.45) is 10.9 Å². The Kier molecular flexibility index (Phi) is 5.79. The molecule has 0 bridgehead atoms. The van der Waals surface area contributed by atoms with Crippen LogP contribution in [0.1, 0.15) is 26.7 Å². The zero-order valence-electron chi connectivity index (χ0n) is 13.2. The van der Waals surface area contributed by atoms with Crippen LogP contribution in [0.15, 0.2) is 23.2 Å². The summed E-state index contributed by atoms with van der Waals surface area (Å²) < 4.78 is 10.6. The smallest absolute Gasteiger partial charge is 0.161 e. The number of aliphatic imine (C=N–C) groups is 1. The van der Waals surface area contributed by atoms with Crippen LogP contribution in [0.4, 0.5) is 5.69 Å². The van der Waals surface area contributed by atoms with Gasteiger partial charge in [0.15, 0.2) is 5.17 Å². The zero-order chi connectivity index (χ0) is 15.2. The molecule has 0 saturated carbocycles. The van der Waals surface area contributed by atoms with Gasteiger partial charge in [0.25, 0.3) is 0 Å². The third-order valence-corrected chi connectivity index (χ3v) is 5.19. The van der Waals surface area contributed by atoms with E-state index in [0.29, 0.717) is 5.25 Å². The predicted molar refractivity (Wildman–Crippen MR) is 90.9 cm³/mol. The standard InChI is InChI=1S/C16H24N2O2S/c1-5-11(6-2)15-10-17-16(21-15)18-13-8-7-12(19-3)9-14(13)20-4/h7-9,11,15H,5-6,10H2,1-4H3,(H,17,18). The van der Waals surface area contributed by atoms with Gasteiger partial charge in [-0.05, 0) is 18.1 Å². The SMILES string of the molecule is CCC(CC)C1CN=C(Nc2ccc(OC)cc2OC)S1. The Bertz CT molecular complexity index is 501. The largest absolute Gasteiger partial charge is 0.497 e. The van der Waals surface area contributed by atoms with Gasteiger partial charge in [0.2, 0.25) is 0 Å². The van der Waals surface area contributed by atoms with Crippen molar-refractivity contribution in [3.63, 3.8) is 0 Å². The van der Waals surface area contributed by atoms with Gasteiger partial charge in [0, 0.05) is 11.3 Å². The Morgan fingerprint density at radius 3 is 2.67 bits per heavy atom. The molecule has 21 heavy (non-hydrogen) atoms. The topological polar surface area (TPSA) is 42.9 Å². The maximum Gasteiger partial charge on any atom is 0.161 e. The summed E-state index contributed by atoms with van der Waals surface area (Å²) in [6, 6.07) is 5.76. The maximum atomic E-state index is 5.41. The van der Waals surface area contributed by atoms with Gasteiger partial charge < -0.3 is 14.8 Å². The Morgan fingerprint density at radius 1 is 1.29 bits per heavy atom. The molecule has 4 nitrogen and oxygen atoms in total. The highest BCUT2D eigenvalue weighted by molar-refractivity contribution is 8.15. The molecule has 0 aromatic heterocycles. The summed E-state index contributed by atoms with van der Waals surface area (Å²) in [4.78, 5) is 4.63. The molecular formula is C16H24N2O2S. The summed E-state index contributed by atoms with van der Waals surface area (Å²) in [5, 5.41) is 4.95. The van der Waals surface area contributed by atoms with E-state index < -0.39 is 0 Å². The minimum absolute atomic E-state index is 0.590. The van der Waals surface area contributed by atoms with Crippen LogP contribution in [0.5, 0.6) is 11.5 Å². The molecule has 2 rings (SSSR count). The van der Waals surface area contributed by atoms with E-state index in [9.17, 15) is 0 Å². The number of amidine groups is 1. The van der Waals surface area contributed by atoms with Crippen LogP contribution in [0.25, 0.3) is 0 Å². The fourth-order valence-corrected chi connectivity index (χ4v) is 3.87. The predicted octanol–water partition coefficient (Wildman–Crippen LogP) is 4.02. The molecule has 0 fully saturated rings. The lowest BCUT2D eigenvalue weighted by Gasteiger charge is -2.19. The van der Waals surface area contributed by atoms with E-state index in [1.807, 2.05) is 30.0 Å². The van der Waals surface area contributed by atoms with Crippen molar-refractivity contribution < 1.29 is 9.47 Å². The molecule has 0 spiro atoms. The van der Waals surface area contributed by atoms with Crippen LogP contribution in [-0.4, -0.2) is 31.2 Å². The van der Waals surface area contributed by atoms with Crippen molar-refractivity contribution in [3.05, 3.63) is 18.2 Å². The fourth-order valence-electron chi connectivity index (χ4n) is 2.54. The number of hydrogen-bond donors (Lipinski definition) is 1. The molecule has 1 aliphatic rings. The molecule has 1 atom stereocenters. The summed E-state index contributed by atoms with van der Waals surface area (Å²) in [5.74, 6) is 2.28. The summed E-state index contributed by atoms with van der Waals surface area (Å²) >= 11 is 1.84. The average Bonchev–Trinajstić information content (AvgIpc) is 2.97. The Morgan fingerprint density at radius 2 is 2.05 bits per heavy atom. The van der Waals surface area contributed by atoms with Crippen LogP contribution in [-0.2, 0) is 0 Å². The van der Waals surface area contributed by atoms with Crippen molar-refractivity contribution in [2.45, 2.75) is 31.9 Å². The molecule has 1 heterocycles. The van der Waals surface area contributed by atoms with E-state index in [1.165, 1.54) is 12.8 Å². The maximum absolute atomic E-state index is 5.41. The normalized spacial score (nSPS) is 17.8. The highest BCUT2D eigenvalue weighted by atomic mass is 32.2. The number of nitrogens with zero attached hydrogens (tertiary/aromatic N) is 1. The second-order valence-electron chi connectivity index (χ2n) is 5.07. The molecule has 5 heteroatoms. The summed E-state index contributed by atoms with van der Waals surface area (Å²) in [5.41, 5.74) is 0.926. The van der Waals surface area contributed by atoms with Crippen LogP contribution < -0.4 is 14.8 Å². The highest BCUT2D eigenvalue weighted by Gasteiger charge is 2.26. The minimum atomic E-state index is 0.590. The second kappa shape index (κ2) is 7.59. The van der Waals surface area contributed by atoms with E-state index in [-0.39, 0.29) is 0 Å². The van der Waals surface area contributed by atoms with Gasteiger partial charge in [-0.3, -0.25) is 4.99 Å². The van der Waals surface area contributed by atoms with Crippen molar-refractivity contribution in [3.8, 4) is 11.5 Å². The lowest BCUT2D eigenvalue weighted by molar-refractivity contribution is 0.395. The average molecular weight is 308 g/mol. The molecule has 0 saturated heterocycles. The van der Waals surface area contributed by atoms with Crippen molar-refractivity contribution >= 4 is 22.6 Å². The van der Waals surface area contributed by atoms with Gasteiger partial charge in [-0.1, -0.05) is 38.5 Å². The molecule has 1 N–H and O–H groups in total. The highest BCUT2D eigenvalue weighted by Crippen LogP contribution is 2.34. The molecule has 0 radical (unpaired) electrons. The van der Waals surface area contributed by atoms with E-state index >= 15 is 0 Å². The number of rotatable bonds is 6. The first-order valence-corrected chi connectivity index (χ1v) is 8.29. The van der Waals surface area contributed by atoms with Gasteiger partial charge in [-0.25, -0.2) is 0 Å². The van der Waals surface area contributed by atoms with E-state index in [2.05, 4.69) is 24.2 Å². The lowest BCUT2D eigenvalue weighted by atomic mass is 9.99. The number of ether oxygens (including phenoxy) is 2. The lowest BCUT2D eigenvalue weighted by Crippen LogP contribution is -2.17. The van der Waals surface area contributed by atoms with Gasteiger partial charge in [0.1, 0.15) is 11.5 Å². The van der Waals surface area contributed by atoms with Crippen molar-refractivity contribution in [1.82, 2.24) is 0 Å². The molecule has 0 aliphatic carbocycles. The second-order valence-corrected chi connectivity index (χ2v) is 6.30. The third kappa shape index (κ3) is 3.84. The number of hydrogen-bond acceptors (Lipinski definition) is 5. The Hall–Kier alpha value is -1.36.